The number of hydrogen-bond acceptors (Lipinski definition) is 4. The molecule has 120 valence electrons. The van der Waals surface area contributed by atoms with Gasteiger partial charge in [-0.3, -0.25) is 4.79 Å². The van der Waals surface area contributed by atoms with E-state index in [-0.39, 0.29) is 5.88 Å². The third-order valence-electron chi connectivity index (χ3n) is 3.50. The van der Waals surface area contributed by atoms with E-state index in [1.807, 2.05) is 60.7 Å². The topological polar surface area (TPSA) is 66.5 Å². The molecule has 1 aliphatic rings. The molecule has 1 N–H and O–H groups in total. The molecule has 0 aromatic heterocycles. The Hall–Kier alpha value is -1.83. The number of carbonyl (C=O) groups is 1. The number of nitrogens with zero attached hydrogens (tertiary/aromatic N) is 1. The molecule has 0 radical (unpaired) electrons. The molecule has 1 fully saturated rings. The first-order valence-corrected chi connectivity index (χ1v) is 9.54. The monoisotopic (exact) mass is 348 g/mol. The van der Waals surface area contributed by atoms with Crippen molar-refractivity contribution in [2.75, 3.05) is 5.88 Å². The zero-order valence-electron chi connectivity index (χ0n) is 12.3. The van der Waals surface area contributed by atoms with Gasteiger partial charge in [0, 0.05) is 4.90 Å². The maximum absolute atomic E-state index is 12.4. The summed E-state index contributed by atoms with van der Waals surface area (Å²) in [6.07, 6.45) is 0.353. The van der Waals surface area contributed by atoms with Crippen molar-refractivity contribution in [2.24, 2.45) is 0 Å². The highest BCUT2D eigenvalue weighted by Crippen LogP contribution is 2.23. The van der Waals surface area contributed by atoms with Crippen LogP contribution in [0.3, 0.4) is 0 Å². The van der Waals surface area contributed by atoms with Gasteiger partial charge in [0.15, 0.2) is 0 Å². The largest absolute Gasteiger partial charge is 0.305 e. The lowest BCUT2D eigenvalue weighted by atomic mass is 10.1. The van der Waals surface area contributed by atoms with Crippen molar-refractivity contribution in [3.8, 4) is 0 Å². The quantitative estimate of drug-likeness (QED) is 0.840. The van der Waals surface area contributed by atoms with Crippen LogP contribution in [0.1, 0.15) is 5.56 Å². The van der Waals surface area contributed by atoms with Crippen molar-refractivity contribution in [1.29, 1.82) is 0 Å². The van der Waals surface area contributed by atoms with Gasteiger partial charge in [-0.2, -0.15) is 13.1 Å². The average molecular weight is 348 g/mol. The van der Waals surface area contributed by atoms with E-state index in [9.17, 15) is 13.2 Å². The number of amides is 1. The van der Waals surface area contributed by atoms with Crippen LogP contribution in [0, 0.1) is 0 Å². The fourth-order valence-corrected chi connectivity index (χ4v) is 4.84. The molecule has 1 unspecified atom stereocenters. The summed E-state index contributed by atoms with van der Waals surface area (Å²) in [4.78, 5) is 13.3. The predicted molar refractivity (Wildman–Crippen MR) is 90.0 cm³/mol. The van der Waals surface area contributed by atoms with E-state index in [0.29, 0.717) is 6.42 Å². The van der Waals surface area contributed by atoms with Gasteiger partial charge in [0.1, 0.15) is 6.04 Å². The molecule has 1 amide bonds. The summed E-state index contributed by atoms with van der Waals surface area (Å²) in [6.45, 7) is 0. The number of nitrogens with one attached hydrogen (secondary N) is 1. The van der Waals surface area contributed by atoms with Gasteiger partial charge in [-0.05, 0) is 24.1 Å². The molecule has 0 aliphatic carbocycles. The van der Waals surface area contributed by atoms with E-state index < -0.39 is 22.2 Å². The minimum absolute atomic E-state index is 0.0729. The Morgan fingerprint density at radius 2 is 1.61 bits per heavy atom. The standard InChI is InChI=1S/C16H16N2O3S2/c19-16-15(11-13-7-3-1-4-8-13)17-23(20,21)18(16)12-22-14-9-5-2-6-10-14/h1-10,15,17H,11-12H2. The summed E-state index contributed by atoms with van der Waals surface area (Å²) in [5, 5.41) is 0. The van der Waals surface area contributed by atoms with Crippen LogP contribution < -0.4 is 4.72 Å². The number of hydrogen-bond donors (Lipinski definition) is 1. The number of thioether (sulfide) groups is 1. The number of carbonyl (C=O) groups excluding carboxylic acids is 1. The van der Waals surface area contributed by atoms with Gasteiger partial charge in [-0.15, -0.1) is 11.8 Å². The predicted octanol–water partition coefficient (Wildman–Crippen LogP) is 2.02. The van der Waals surface area contributed by atoms with Gasteiger partial charge in [-0.25, -0.2) is 4.31 Å². The highest BCUT2D eigenvalue weighted by Gasteiger charge is 2.42. The molecule has 1 heterocycles. The fraction of sp³-hybridized carbons (Fsp3) is 0.188. The maximum Gasteiger partial charge on any atom is 0.305 e. The third kappa shape index (κ3) is 3.74. The highest BCUT2D eigenvalue weighted by molar-refractivity contribution is 8.00. The second kappa shape index (κ2) is 6.74. The lowest BCUT2D eigenvalue weighted by Gasteiger charge is -2.13. The van der Waals surface area contributed by atoms with Crippen LogP contribution in [0.5, 0.6) is 0 Å². The first kappa shape index (κ1) is 16.0. The van der Waals surface area contributed by atoms with E-state index in [2.05, 4.69) is 4.72 Å². The van der Waals surface area contributed by atoms with E-state index in [4.69, 9.17) is 0 Å². The normalized spacial score (nSPS) is 19.9. The van der Waals surface area contributed by atoms with Crippen molar-refractivity contribution in [2.45, 2.75) is 17.4 Å². The third-order valence-corrected chi connectivity index (χ3v) is 6.13. The summed E-state index contributed by atoms with van der Waals surface area (Å²) >= 11 is 1.32. The Balaban J connectivity index is 1.70. The van der Waals surface area contributed by atoms with Crippen LogP contribution in [0.4, 0.5) is 0 Å². The molecule has 1 aliphatic heterocycles. The summed E-state index contributed by atoms with van der Waals surface area (Å²) in [5.41, 5.74) is 0.922. The molecule has 2 aromatic rings. The average Bonchev–Trinajstić information content (AvgIpc) is 2.76. The second-order valence-electron chi connectivity index (χ2n) is 5.14. The molecule has 7 heteroatoms. The molecule has 0 bridgehead atoms. The first-order valence-electron chi connectivity index (χ1n) is 7.12. The lowest BCUT2D eigenvalue weighted by molar-refractivity contribution is -0.126. The van der Waals surface area contributed by atoms with Crippen LogP contribution in [-0.2, 0) is 21.4 Å². The van der Waals surface area contributed by atoms with Crippen LogP contribution in [-0.4, -0.2) is 30.5 Å². The van der Waals surface area contributed by atoms with E-state index in [1.54, 1.807) is 0 Å². The smallest absolute Gasteiger partial charge is 0.272 e. The minimum atomic E-state index is -3.76. The van der Waals surface area contributed by atoms with Crippen molar-refractivity contribution >= 4 is 27.9 Å². The van der Waals surface area contributed by atoms with Gasteiger partial charge >= 0.3 is 10.2 Å². The summed E-state index contributed by atoms with van der Waals surface area (Å²) in [6, 6.07) is 18.0. The second-order valence-corrected chi connectivity index (χ2v) is 7.78. The van der Waals surface area contributed by atoms with Crippen molar-refractivity contribution in [1.82, 2.24) is 9.03 Å². The molecular formula is C16H16N2O3S2. The molecule has 2 aromatic carbocycles. The van der Waals surface area contributed by atoms with Gasteiger partial charge in [0.2, 0.25) is 0 Å². The van der Waals surface area contributed by atoms with E-state index >= 15 is 0 Å². The maximum atomic E-state index is 12.4. The van der Waals surface area contributed by atoms with Crippen molar-refractivity contribution < 1.29 is 13.2 Å². The highest BCUT2D eigenvalue weighted by atomic mass is 32.2. The van der Waals surface area contributed by atoms with Crippen molar-refractivity contribution in [3.05, 3.63) is 66.2 Å². The molecule has 1 saturated heterocycles. The van der Waals surface area contributed by atoms with Gasteiger partial charge in [0.05, 0.1) is 5.88 Å². The zero-order chi connectivity index (χ0) is 16.3. The summed E-state index contributed by atoms with van der Waals surface area (Å²) < 4.78 is 27.7. The molecule has 0 saturated carbocycles. The Morgan fingerprint density at radius 3 is 2.26 bits per heavy atom. The molecule has 5 nitrogen and oxygen atoms in total. The molecular weight excluding hydrogens is 332 g/mol. The van der Waals surface area contributed by atoms with Crippen LogP contribution >= 0.6 is 11.8 Å². The van der Waals surface area contributed by atoms with E-state index in [0.717, 1.165) is 14.8 Å². The molecule has 3 rings (SSSR count). The Morgan fingerprint density at radius 1 is 1.00 bits per heavy atom. The van der Waals surface area contributed by atoms with E-state index in [1.165, 1.54) is 11.8 Å². The van der Waals surface area contributed by atoms with Gasteiger partial charge in [-0.1, -0.05) is 48.5 Å². The number of rotatable bonds is 5. The lowest BCUT2D eigenvalue weighted by Crippen LogP contribution is -2.32. The molecule has 0 spiro atoms. The Bertz CT molecular complexity index is 779. The summed E-state index contributed by atoms with van der Waals surface area (Å²) in [7, 11) is -3.76. The van der Waals surface area contributed by atoms with Crippen LogP contribution in [0.25, 0.3) is 0 Å². The van der Waals surface area contributed by atoms with Crippen molar-refractivity contribution in [3.63, 3.8) is 0 Å². The zero-order valence-corrected chi connectivity index (χ0v) is 13.9. The summed E-state index contributed by atoms with van der Waals surface area (Å²) in [5.74, 6) is -0.332. The van der Waals surface area contributed by atoms with Gasteiger partial charge < -0.3 is 0 Å². The SMILES string of the molecule is O=C1C(Cc2ccccc2)NS(=O)(=O)N1CSc1ccccc1. The fourth-order valence-electron chi connectivity index (χ4n) is 2.35. The first-order chi connectivity index (χ1) is 11.1. The molecule has 1 atom stereocenters. The van der Waals surface area contributed by atoms with Crippen LogP contribution in [0.15, 0.2) is 65.6 Å². The molecule has 23 heavy (non-hydrogen) atoms. The van der Waals surface area contributed by atoms with Gasteiger partial charge in [0.25, 0.3) is 5.91 Å². The number of benzene rings is 2. The van der Waals surface area contributed by atoms with Crippen LogP contribution in [0.2, 0.25) is 0 Å². The minimum Gasteiger partial charge on any atom is -0.272 e. The Labute approximate surface area is 139 Å². The Kier molecular flexibility index (Phi) is 4.70.